The number of sulfonamides is 1. The van der Waals surface area contributed by atoms with Crippen molar-refractivity contribution < 1.29 is 27.1 Å². The quantitative estimate of drug-likeness (QED) is 0.306. The van der Waals surface area contributed by atoms with Gasteiger partial charge in [0.1, 0.15) is 18.1 Å². The van der Waals surface area contributed by atoms with Gasteiger partial charge in [-0.25, -0.2) is 18.2 Å². The van der Waals surface area contributed by atoms with Crippen molar-refractivity contribution in [3.8, 4) is 5.75 Å². The molecule has 0 aliphatic carbocycles. The van der Waals surface area contributed by atoms with Gasteiger partial charge in [0, 0.05) is 5.69 Å². The highest BCUT2D eigenvalue weighted by Crippen LogP contribution is 2.26. The molecule has 3 aromatic carbocycles. The van der Waals surface area contributed by atoms with Crippen molar-refractivity contribution in [3.63, 3.8) is 0 Å². The predicted molar refractivity (Wildman–Crippen MR) is 136 cm³/mol. The van der Waals surface area contributed by atoms with Gasteiger partial charge in [0.15, 0.2) is 6.61 Å². The summed E-state index contributed by atoms with van der Waals surface area (Å²) >= 11 is 6.07. The Morgan fingerprint density at radius 1 is 1.03 bits per heavy atom. The zero-order chi connectivity index (χ0) is 26.1. The third-order valence-corrected chi connectivity index (χ3v) is 6.04. The molecule has 0 bridgehead atoms. The molecule has 2 N–H and O–H groups in total. The Bertz CT molecular complexity index is 1350. The number of hydrogen-bond donors (Lipinski definition) is 2. The first-order chi connectivity index (χ1) is 17.1. The molecule has 0 unspecified atom stereocenters. The zero-order valence-electron chi connectivity index (χ0n) is 19.0. The SMILES string of the molecule is CS(=O)(=O)N(CC(=O)N/N=C\c1ccc(OCC(=O)Nc2ccc(F)cc2)cc1)c1ccccc1Cl. The molecule has 3 rings (SSSR count). The van der Waals surface area contributed by atoms with Gasteiger partial charge in [-0.1, -0.05) is 23.7 Å². The van der Waals surface area contributed by atoms with E-state index in [-0.39, 0.29) is 17.3 Å². The van der Waals surface area contributed by atoms with Gasteiger partial charge < -0.3 is 10.1 Å². The van der Waals surface area contributed by atoms with Crippen LogP contribution >= 0.6 is 11.6 Å². The molecular formula is C24H22ClFN4O5S. The molecule has 0 aliphatic rings. The Morgan fingerprint density at radius 3 is 2.33 bits per heavy atom. The molecule has 0 spiro atoms. The minimum Gasteiger partial charge on any atom is -0.484 e. The van der Waals surface area contributed by atoms with E-state index in [1.165, 1.54) is 42.6 Å². The molecule has 0 saturated carbocycles. The van der Waals surface area contributed by atoms with Gasteiger partial charge >= 0.3 is 0 Å². The first-order valence-electron chi connectivity index (χ1n) is 10.4. The Balaban J connectivity index is 1.50. The zero-order valence-corrected chi connectivity index (χ0v) is 20.6. The summed E-state index contributed by atoms with van der Waals surface area (Å²) in [6.45, 7) is -0.754. The topological polar surface area (TPSA) is 117 Å². The van der Waals surface area contributed by atoms with Crippen molar-refractivity contribution in [2.45, 2.75) is 0 Å². The van der Waals surface area contributed by atoms with E-state index in [4.69, 9.17) is 16.3 Å². The number of carbonyl (C=O) groups is 2. The van der Waals surface area contributed by atoms with Crippen LogP contribution in [0.4, 0.5) is 15.8 Å². The van der Waals surface area contributed by atoms with E-state index in [9.17, 15) is 22.4 Å². The number of benzene rings is 3. The fourth-order valence-corrected chi connectivity index (χ4v) is 4.07. The lowest BCUT2D eigenvalue weighted by atomic mass is 10.2. The van der Waals surface area contributed by atoms with Crippen LogP contribution in [-0.4, -0.2) is 45.9 Å². The van der Waals surface area contributed by atoms with Gasteiger partial charge in [0.2, 0.25) is 10.0 Å². The molecule has 0 aliphatic heterocycles. The van der Waals surface area contributed by atoms with Gasteiger partial charge in [-0.2, -0.15) is 5.10 Å². The molecule has 36 heavy (non-hydrogen) atoms. The van der Waals surface area contributed by atoms with E-state index in [1.807, 2.05) is 0 Å². The predicted octanol–water partition coefficient (Wildman–Crippen LogP) is 3.41. The number of hydrazone groups is 1. The number of halogens is 2. The second kappa shape index (κ2) is 12.1. The highest BCUT2D eigenvalue weighted by atomic mass is 35.5. The molecule has 0 radical (unpaired) electrons. The Hall–Kier alpha value is -3.96. The van der Waals surface area contributed by atoms with Crippen LogP contribution in [0.5, 0.6) is 5.75 Å². The maximum absolute atomic E-state index is 12.9. The van der Waals surface area contributed by atoms with E-state index in [2.05, 4.69) is 15.8 Å². The highest BCUT2D eigenvalue weighted by molar-refractivity contribution is 7.92. The number of anilines is 2. The average Bonchev–Trinajstić information content (AvgIpc) is 2.83. The van der Waals surface area contributed by atoms with E-state index in [1.54, 1.807) is 36.4 Å². The smallest absolute Gasteiger partial charge is 0.262 e. The minimum absolute atomic E-state index is 0.183. The average molecular weight is 533 g/mol. The lowest BCUT2D eigenvalue weighted by Gasteiger charge is -2.22. The number of nitrogens with zero attached hydrogens (tertiary/aromatic N) is 2. The first-order valence-corrected chi connectivity index (χ1v) is 12.7. The molecule has 3 aromatic rings. The molecule has 0 aromatic heterocycles. The van der Waals surface area contributed by atoms with Crippen LogP contribution in [0.25, 0.3) is 0 Å². The maximum atomic E-state index is 12.9. The summed E-state index contributed by atoms with van der Waals surface area (Å²) in [7, 11) is -3.77. The summed E-state index contributed by atoms with van der Waals surface area (Å²) in [5, 5.41) is 6.61. The normalized spacial score (nSPS) is 11.2. The van der Waals surface area contributed by atoms with Crippen LogP contribution < -0.4 is 19.8 Å². The molecule has 0 heterocycles. The number of amides is 2. The number of nitrogens with one attached hydrogen (secondary N) is 2. The van der Waals surface area contributed by atoms with Crippen LogP contribution in [0.3, 0.4) is 0 Å². The molecule has 0 saturated heterocycles. The van der Waals surface area contributed by atoms with Crippen molar-refractivity contribution >= 4 is 51.0 Å². The van der Waals surface area contributed by atoms with E-state index < -0.39 is 34.2 Å². The maximum Gasteiger partial charge on any atom is 0.262 e. The minimum atomic E-state index is -3.77. The van der Waals surface area contributed by atoms with Gasteiger partial charge in [0.05, 0.1) is 23.2 Å². The fourth-order valence-electron chi connectivity index (χ4n) is 2.91. The fraction of sp³-hybridized carbons (Fsp3) is 0.125. The number of rotatable bonds is 10. The summed E-state index contributed by atoms with van der Waals surface area (Å²) in [5.41, 5.74) is 3.53. The second-order valence-electron chi connectivity index (χ2n) is 7.43. The Kier molecular flexibility index (Phi) is 8.98. The van der Waals surface area contributed by atoms with Crippen LogP contribution in [0, 0.1) is 5.82 Å². The summed E-state index contributed by atoms with van der Waals surface area (Å²) in [5.74, 6) is -1.05. The van der Waals surface area contributed by atoms with Crippen molar-refractivity contribution in [1.82, 2.24) is 5.43 Å². The summed E-state index contributed by atoms with van der Waals surface area (Å²) < 4.78 is 43.5. The molecular weight excluding hydrogens is 511 g/mol. The van der Waals surface area contributed by atoms with E-state index >= 15 is 0 Å². The van der Waals surface area contributed by atoms with E-state index in [0.717, 1.165) is 10.6 Å². The van der Waals surface area contributed by atoms with Crippen LogP contribution in [-0.2, 0) is 19.6 Å². The van der Waals surface area contributed by atoms with Crippen LogP contribution in [0.15, 0.2) is 77.9 Å². The number of para-hydroxylation sites is 1. The summed E-state index contributed by atoms with van der Waals surface area (Å²) in [6.07, 6.45) is 2.34. The lowest BCUT2D eigenvalue weighted by molar-refractivity contribution is -0.119. The van der Waals surface area contributed by atoms with Gasteiger partial charge in [-0.3, -0.25) is 13.9 Å². The highest BCUT2D eigenvalue weighted by Gasteiger charge is 2.22. The molecule has 9 nitrogen and oxygen atoms in total. The van der Waals surface area contributed by atoms with Gasteiger partial charge in [-0.05, 0) is 66.2 Å². The third-order valence-electron chi connectivity index (χ3n) is 4.59. The van der Waals surface area contributed by atoms with Crippen molar-refractivity contribution in [3.05, 3.63) is 89.2 Å². The molecule has 0 fully saturated rings. The number of carbonyl (C=O) groups excluding carboxylic acids is 2. The second-order valence-corrected chi connectivity index (χ2v) is 9.74. The summed E-state index contributed by atoms with van der Waals surface area (Å²) in [4.78, 5) is 24.2. The number of ether oxygens (including phenoxy) is 1. The largest absolute Gasteiger partial charge is 0.484 e. The first kappa shape index (κ1) is 26.6. The molecule has 0 atom stereocenters. The Labute approximate surface area is 212 Å². The standard InChI is InChI=1S/C24H22ClFN4O5S/c1-36(33,34)30(22-5-3-2-4-21(22)25)15-23(31)29-27-14-17-6-12-20(13-7-17)35-16-24(32)28-19-10-8-18(26)9-11-19/h2-14H,15-16H2,1H3,(H,28,32)(H,29,31)/b27-14-. The Morgan fingerprint density at radius 2 is 1.69 bits per heavy atom. The molecule has 2 amide bonds. The molecule has 188 valence electrons. The van der Waals surface area contributed by atoms with Crippen LogP contribution in [0.1, 0.15) is 5.56 Å². The number of hydrogen-bond acceptors (Lipinski definition) is 6. The monoisotopic (exact) mass is 532 g/mol. The van der Waals surface area contributed by atoms with Crippen molar-refractivity contribution in [2.24, 2.45) is 5.10 Å². The molecule has 12 heteroatoms. The van der Waals surface area contributed by atoms with Crippen molar-refractivity contribution in [1.29, 1.82) is 0 Å². The van der Waals surface area contributed by atoms with Crippen molar-refractivity contribution in [2.75, 3.05) is 29.0 Å². The lowest BCUT2D eigenvalue weighted by Crippen LogP contribution is -2.39. The van der Waals surface area contributed by atoms with E-state index in [0.29, 0.717) is 17.0 Å². The van der Waals surface area contributed by atoms with Gasteiger partial charge in [-0.15, -0.1) is 0 Å². The van der Waals surface area contributed by atoms with Gasteiger partial charge in [0.25, 0.3) is 11.8 Å². The summed E-state index contributed by atoms with van der Waals surface area (Å²) in [6, 6.07) is 18.1. The van der Waals surface area contributed by atoms with Crippen LogP contribution in [0.2, 0.25) is 5.02 Å². The third kappa shape index (κ3) is 8.07.